The standard InChI is InChI=1S/C25H19ClN4O5/c26-18-1-2-23(20(10-18)16-7-15(3-5-31)8-17(9-16)25(33)34)35-6-4-30-14-29-22-13-28-19(12-27)11-21(22)24(30)32/h1-2,7-11,13-14,31H,3-6H2,(H,33,34). The van der Waals surface area contributed by atoms with Crippen LogP contribution < -0.4 is 10.3 Å². The fourth-order valence-corrected chi connectivity index (χ4v) is 3.81. The third kappa shape index (κ3) is 5.30. The van der Waals surface area contributed by atoms with E-state index in [1.165, 1.54) is 35.3 Å². The van der Waals surface area contributed by atoms with Gasteiger partial charge in [-0.2, -0.15) is 5.26 Å². The van der Waals surface area contributed by atoms with Crippen LogP contribution in [0.3, 0.4) is 0 Å². The van der Waals surface area contributed by atoms with Gasteiger partial charge in [-0.15, -0.1) is 0 Å². The molecule has 0 spiro atoms. The van der Waals surface area contributed by atoms with E-state index >= 15 is 0 Å². The van der Waals surface area contributed by atoms with E-state index in [0.29, 0.717) is 39.4 Å². The molecule has 2 aromatic carbocycles. The summed E-state index contributed by atoms with van der Waals surface area (Å²) in [5, 5.41) is 28.6. The molecule has 2 N–H and O–H groups in total. The van der Waals surface area contributed by atoms with Gasteiger partial charge in [0.1, 0.15) is 24.1 Å². The molecule has 9 nitrogen and oxygen atoms in total. The molecule has 0 aliphatic heterocycles. The van der Waals surface area contributed by atoms with E-state index in [-0.39, 0.29) is 42.0 Å². The summed E-state index contributed by atoms with van der Waals surface area (Å²) in [6.07, 6.45) is 3.07. The second-order valence-corrected chi connectivity index (χ2v) is 8.06. The molecule has 0 unspecified atom stereocenters. The van der Waals surface area contributed by atoms with E-state index in [1.807, 2.05) is 6.07 Å². The van der Waals surface area contributed by atoms with Crippen molar-refractivity contribution in [3.63, 3.8) is 0 Å². The monoisotopic (exact) mass is 490 g/mol. The molecule has 10 heteroatoms. The molecule has 0 radical (unpaired) electrons. The van der Waals surface area contributed by atoms with Gasteiger partial charge in [0, 0.05) is 17.2 Å². The summed E-state index contributed by atoms with van der Waals surface area (Å²) < 4.78 is 7.33. The van der Waals surface area contributed by atoms with Gasteiger partial charge in [0.2, 0.25) is 0 Å². The lowest BCUT2D eigenvalue weighted by atomic mass is 9.98. The number of aromatic carboxylic acids is 1. The average molecular weight is 491 g/mol. The summed E-state index contributed by atoms with van der Waals surface area (Å²) in [6.45, 7) is 0.168. The minimum atomic E-state index is -1.09. The smallest absolute Gasteiger partial charge is 0.335 e. The number of ether oxygens (including phenoxy) is 1. The maximum Gasteiger partial charge on any atom is 0.335 e. The van der Waals surface area contributed by atoms with Crippen molar-refractivity contribution in [1.82, 2.24) is 14.5 Å². The molecule has 0 atom stereocenters. The van der Waals surface area contributed by atoms with Crippen LogP contribution in [0.4, 0.5) is 0 Å². The minimum Gasteiger partial charge on any atom is -0.491 e. The van der Waals surface area contributed by atoms with Crippen LogP contribution in [0, 0.1) is 11.3 Å². The van der Waals surface area contributed by atoms with Crippen molar-refractivity contribution in [2.75, 3.05) is 13.2 Å². The predicted octanol–water partition coefficient (Wildman–Crippen LogP) is 3.30. The van der Waals surface area contributed by atoms with Crippen LogP contribution in [-0.4, -0.2) is 43.9 Å². The highest BCUT2D eigenvalue weighted by atomic mass is 35.5. The van der Waals surface area contributed by atoms with E-state index in [1.54, 1.807) is 24.3 Å². The highest BCUT2D eigenvalue weighted by Gasteiger charge is 2.14. The summed E-state index contributed by atoms with van der Waals surface area (Å²) in [4.78, 5) is 32.6. The number of fused-ring (bicyclic) bond motifs is 1. The zero-order chi connectivity index (χ0) is 24.9. The summed E-state index contributed by atoms with van der Waals surface area (Å²) >= 11 is 6.21. The van der Waals surface area contributed by atoms with Gasteiger partial charge in [0.25, 0.3) is 5.56 Å². The Morgan fingerprint density at radius 2 is 2.00 bits per heavy atom. The fourth-order valence-electron chi connectivity index (χ4n) is 3.63. The number of carboxylic acids is 1. The number of rotatable bonds is 8. The van der Waals surface area contributed by atoms with Crippen LogP contribution in [0.15, 0.2) is 59.8 Å². The number of aliphatic hydroxyl groups is 1. The molecule has 0 amide bonds. The van der Waals surface area contributed by atoms with Gasteiger partial charge in [-0.3, -0.25) is 9.36 Å². The SMILES string of the molecule is N#Cc1cc2c(=O)n(CCOc3ccc(Cl)cc3-c3cc(CCO)cc(C(=O)O)c3)cnc2cn1. The molecule has 0 aliphatic carbocycles. The maximum atomic E-state index is 12.8. The van der Waals surface area contributed by atoms with Crippen LogP contribution in [0.2, 0.25) is 5.02 Å². The Balaban J connectivity index is 1.62. The average Bonchev–Trinajstić information content (AvgIpc) is 2.86. The number of benzene rings is 2. The molecule has 0 aliphatic rings. The van der Waals surface area contributed by atoms with E-state index in [2.05, 4.69) is 9.97 Å². The van der Waals surface area contributed by atoms with Gasteiger partial charge in [-0.05, 0) is 53.9 Å². The third-order valence-corrected chi connectivity index (χ3v) is 5.54. The molecular formula is C25H19ClN4O5. The van der Waals surface area contributed by atoms with Crippen molar-refractivity contribution >= 4 is 28.5 Å². The maximum absolute atomic E-state index is 12.8. The molecule has 2 aromatic heterocycles. The van der Waals surface area contributed by atoms with Crippen molar-refractivity contribution in [2.24, 2.45) is 0 Å². The Hall–Kier alpha value is -4.26. The van der Waals surface area contributed by atoms with Crippen molar-refractivity contribution in [3.8, 4) is 22.9 Å². The van der Waals surface area contributed by atoms with Gasteiger partial charge < -0.3 is 14.9 Å². The van der Waals surface area contributed by atoms with Gasteiger partial charge in [-0.25, -0.2) is 14.8 Å². The number of pyridine rings is 1. The first kappa shape index (κ1) is 23.9. The minimum absolute atomic E-state index is 0.0805. The summed E-state index contributed by atoms with van der Waals surface area (Å²) in [5.74, 6) is -0.641. The number of aromatic nitrogens is 3. The molecule has 4 rings (SSSR count). The number of nitriles is 1. The Kier molecular flexibility index (Phi) is 7.06. The van der Waals surface area contributed by atoms with E-state index in [4.69, 9.17) is 21.6 Å². The van der Waals surface area contributed by atoms with Crippen molar-refractivity contribution < 1.29 is 19.7 Å². The third-order valence-electron chi connectivity index (χ3n) is 5.31. The van der Waals surface area contributed by atoms with Crippen LogP contribution in [0.5, 0.6) is 5.75 Å². The quantitative estimate of drug-likeness (QED) is 0.383. The highest BCUT2D eigenvalue weighted by molar-refractivity contribution is 6.31. The molecular weight excluding hydrogens is 472 g/mol. The molecule has 176 valence electrons. The topological polar surface area (TPSA) is 138 Å². The lowest BCUT2D eigenvalue weighted by molar-refractivity contribution is 0.0696. The number of nitrogens with zero attached hydrogens (tertiary/aromatic N) is 4. The van der Waals surface area contributed by atoms with Gasteiger partial charge in [-0.1, -0.05) is 17.7 Å². The zero-order valence-corrected chi connectivity index (χ0v) is 19.1. The van der Waals surface area contributed by atoms with Crippen molar-refractivity contribution in [3.05, 3.63) is 87.2 Å². The number of hydrogen-bond acceptors (Lipinski definition) is 7. The Morgan fingerprint density at radius 1 is 1.17 bits per heavy atom. The van der Waals surface area contributed by atoms with Crippen LogP contribution in [0.25, 0.3) is 22.0 Å². The predicted molar refractivity (Wildman–Crippen MR) is 129 cm³/mol. The second-order valence-electron chi connectivity index (χ2n) is 7.63. The molecule has 2 heterocycles. The molecule has 0 fully saturated rings. The first-order valence-electron chi connectivity index (χ1n) is 10.6. The summed E-state index contributed by atoms with van der Waals surface area (Å²) in [6, 6.07) is 13.1. The first-order valence-corrected chi connectivity index (χ1v) is 10.9. The van der Waals surface area contributed by atoms with Gasteiger partial charge in [0.05, 0.1) is 35.5 Å². The van der Waals surface area contributed by atoms with Gasteiger partial charge in [0.15, 0.2) is 0 Å². The zero-order valence-electron chi connectivity index (χ0n) is 18.3. The largest absolute Gasteiger partial charge is 0.491 e. The molecule has 35 heavy (non-hydrogen) atoms. The van der Waals surface area contributed by atoms with Crippen molar-refractivity contribution in [1.29, 1.82) is 5.26 Å². The fraction of sp³-hybridized carbons (Fsp3) is 0.160. The molecule has 0 bridgehead atoms. The lowest BCUT2D eigenvalue weighted by Gasteiger charge is -2.15. The lowest BCUT2D eigenvalue weighted by Crippen LogP contribution is -2.23. The second kappa shape index (κ2) is 10.3. The number of carbonyl (C=O) groups is 1. The molecule has 4 aromatic rings. The van der Waals surface area contributed by atoms with Gasteiger partial charge >= 0.3 is 5.97 Å². The van der Waals surface area contributed by atoms with Crippen LogP contribution in [0.1, 0.15) is 21.6 Å². The Labute approximate surface area is 204 Å². The van der Waals surface area contributed by atoms with Crippen LogP contribution >= 0.6 is 11.6 Å². The number of hydrogen-bond donors (Lipinski definition) is 2. The number of carboxylic acid groups (broad SMARTS) is 1. The van der Waals surface area contributed by atoms with Crippen LogP contribution in [-0.2, 0) is 13.0 Å². The van der Waals surface area contributed by atoms with E-state index in [0.717, 1.165) is 0 Å². The van der Waals surface area contributed by atoms with E-state index < -0.39 is 5.97 Å². The number of halogens is 1. The highest BCUT2D eigenvalue weighted by Crippen LogP contribution is 2.34. The normalized spacial score (nSPS) is 10.8. The summed E-state index contributed by atoms with van der Waals surface area (Å²) in [5.41, 5.74) is 2.09. The van der Waals surface area contributed by atoms with Crippen molar-refractivity contribution in [2.45, 2.75) is 13.0 Å². The summed E-state index contributed by atoms with van der Waals surface area (Å²) in [7, 11) is 0. The Bertz CT molecular complexity index is 1530. The Morgan fingerprint density at radius 3 is 2.74 bits per heavy atom. The first-order chi connectivity index (χ1) is 16.9. The van der Waals surface area contributed by atoms with E-state index in [9.17, 15) is 19.8 Å². The molecule has 0 saturated heterocycles. The molecule has 0 saturated carbocycles. The number of aliphatic hydroxyl groups excluding tert-OH is 1.